The van der Waals surface area contributed by atoms with Crippen LogP contribution in [0.4, 0.5) is 11.4 Å². The first-order valence-electron chi connectivity index (χ1n) is 13.1. The predicted molar refractivity (Wildman–Crippen MR) is 141 cm³/mol. The molecule has 190 valence electrons. The van der Waals surface area contributed by atoms with Crippen molar-refractivity contribution in [1.82, 2.24) is 5.06 Å². The molecule has 2 N–H and O–H groups in total. The Morgan fingerprint density at radius 2 is 1.56 bits per heavy atom. The summed E-state index contributed by atoms with van der Waals surface area (Å²) < 4.78 is 5.62. The van der Waals surface area contributed by atoms with E-state index in [1.807, 2.05) is 65.7 Å². The maximum Gasteiger partial charge on any atom is 0.244 e. The van der Waals surface area contributed by atoms with Gasteiger partial charge >= 0.3 is 0 Å². The minimum atomic E-state index is -0.271. The van der Waals surface area contributed by atoms with E-state index in [-0.39, 0.29) is 24.0 Å². The van der Waals surface area contributed by atoms with Gasteiger partial charge in [-0.15, -0.1) is 0 Å². The quantitative estimate of drug-likeness (QED) is 0.454. The van der Waals surface area contributed by atoms with Crippen LogP contribution in [0.1, 0.15) is 56.1 Å². The van der Waals surface area contributed by atoms with Gasteiger partial charge in [0.2, 0.25) is 11.8 Å². The van der Waals surface area contributed by atoms with Crippen LogP contribution < -0.4 is 10.6 Å². The highest BCUT2D eigenvalue weighted by molar-refractivity contribution is 5.95. The zero-order valence-electron chi connectivity index (χ0n) is 20.7. The number of nitrogens with one attached hydrogen (secondary N) is 2. The molecule has 2 aromatic rings. The first-order chi connectivity index (χ1) is 17.6. The summed E-state index contributed by atoms with van der Waals surface area (Å²) in [5.41, 5.74) is 3.69. The molecule has 0 radical (unpaired) electrons. The molecule has 7 nitrogen and oxygen atoms in total. The van der Waals surface area contributed by atoms with Crippen LogP contribution in [-0.2, 0) is 19.2 Å². The maximum absolute atomic E-state index is 12.9. The van der Waals surface area contributed by atoms with Crippen molar-refractivity contribution >= 4 is 35.3 Å². The molecule has 1 saturated carbocycles. The Morgan fingerprint density at radius 1 is 0.889 bits per heavy atom. The van der Waals surface area contributed by atoms with Crippen LogP contribution in [0.25, 0.3) is 12.2 Å². The van der Waals surface area contributed by atoms with E-state index in [2.05, 4.69) is 10.6 Å². The van der Waals surface area contributed by atoms with Crippen LogP contribution in [0, 0.1) is 5.92 Å². The summed E-state index contributed by atoms with van der Waals surface area (Å²) >= 11 is 0. The van der Waals surface area contributed by atoms with Crippen LogP contribution >= 0.6 is 0 Å². The number of amides is 2. The fourth-order valence-electron chi connectivity index (χ4n) is 4.68. The summed E-state index contributed by atoms with van der Waals surface area (Å²) in [6, 6.07) is 15.4. The number of carbonyl (C=O) groups is 2. The molecule has 0 unspecified atom stereocenters. The van der Waals surface area contributed by atoms with E-state index in [1.165, 1.54) is 12.8 Å². The minimum absolute atomic E-state index is 0.0348. The fraction of sp³-hybridized carbons (Fsp3) is 0.448. The molecule has 2 saturated heterocycles. The molecule has 36 heavy (non-hydrogen) atoms. The molecule has 7 heteroatoms. The zero-order chi connectivity index (χ0) is 24.7. The third-order valence-electron chi connectivity index (χ3n) is 6.97. The molecule has 5 rings (SSSR count). The normalized spacial score (nSPS) is 22.2. The van der Waals surface area contributed by atoms with Gasteiger partial charge < -0.3 is 15.4 Å². The monoisotopic (exact) mass is 489 g/mol. The van der Waals surface area contributed by atoms with Gasteiger partial charge in [0.05, 0.1) is 12.7 Å². The van der Waals surface area contributed by atoms with Crippen LogP contribution in [0.3, 0.4) is 0 Å². The van der Waals surface area contributed by atoms with E-state index < -0.39 is 0 Å². The van der Waals surface area contributed by atoms with Crippen LogP contribution in [0.5, 0.6) is 0 Å². The fourth-order valence-corrected chi connectivity index (χ4v) is 4.68. The number of hydrogen-bond acceptors (Lipinski definition) is 5. The lowest BCUT2D eigenvalue weighted by Gasteiger charge is -2.24. The predicted octanol–water partition coefficient (Wildman–Crippen LogP) is 5.11. The van der Waals surface area contributed by atoms with Gasteiger partial charge in [0.1, 0.15) is 6.04 Å². The number of hydroxylamine groups is 2. The lowest BCUT2D eigenvalue weighted by Crippen LogP contribution is -2.40. The van der Waals surface area contributed by atoms with Crippen molar-refractivity contribution in [3.8, 4) is 0 Å². The second kappa shape index (κ2) is 11.8. The number of nitrogens with zero attached hydrogens (tertiary/aromatic N) is 1. The van der Waals surface area contributed by atoms with Crippen molar-refractivity contribution in [2.75, 3.05) is 30.4 Å². The summed E-state index contributed by atoms with van der Waals surface area (Å²) in [6.45, 7) is 2.08. The van der Waals surface area contributed by atoms with Gasteiger partial charge in [-0.05, 0) is 79.8 Å². The topological polar surface area (TPSA) is 79.9 Å². The summed E-state index contributed by atoms with van der Waals surface area (Å²) in [6.07, 6.45) is 11.0. The number of carbonyl (C=O) groups excluding carboxylic acids is 2. The lowest BCUT2D eigenvalue weighted by molar-refractivity contribution is -0.189. The first-order valence-corrected chi connectivity index (χ1v) is 13.1. The smallest absolute Gasteiger partial charge is 0.244 e. The number of rotatable bonds is 10. The van der Waals surface area contributed by atoms with E-state index >= 15 is 0 Å². The Kier molecular flexibility index (Phi) is 8.11. The van der Waals surface area contributed by atoms with E-state index in [4.69, 9.17) is 9.57 Å². The summed E-state index contributed by atoms with van der Waals surface area (Å²) in [7, 11) is 0. The molecule has 2 heterocycles. The minimum Gasteiger partial charge on any atom is -0.376 e. The summed E-state index contributed by atoms with van der Waals surface area (Å²) in [5, 5.41) is 7.81. The molecule has 1 aliphatic carbocycles. The van der Waals surface area contributed by atoms with Crippen molar-refractivity contribution in [3.63, 3.8) is 0 Å². The molecule has 2 aromatic carbocycles. The Hall–Kier alpha value is -3.00. The molecule has 3 fully saturated rings. The van der Waals surface area contributed by atoms with Crippen molar-refractivity contribution < 1.29 is 19.2 Å². The molecule has 0 spiro atoms. The Labute approximate surface area is 212 Å². The number of hydrogen-bond donors (Lipinski definition) is 2. The van der Waals surface area contributed by atoms with Crippen molar-refractivity contribution in [3.05, 3.63) is 59.7 Å². The zero-order valence-corrected chi connectivity index (χ0v) is 20.7. The largest absolute Gasteiger partial charge is 0.376 e. The maximum atomic E-state index is 12.9. The van der Waals surface area contributed by atoms with Crippen molar-refractivity contribution in [2.24, 2.45) is 5.92 Å². The summed E-state index contributed by atoms with van der Waals surface area (Å²) in [5.74, 6) is 0.646. The van der Waals surface area contributed by atoms with E-state index in [9.17, 15) is 9.59 Å². The molecule has 0 aromatic heterocycles. The molecule has 2 atom stereocenters. The average Bonchev–Trinajstić information content (AvgIpc) is 3.32. The Balaban J connectivity index is 1.09. The Bertz CT molecular complexity index is 1060. The van der Waals surface area contributed by atoms with Gasteiger partial charge in [0, 0.05) is 30.9 Å². The van der Waals surface area contributed by atoms with Gasteiger partial charge in [-0.3, -0.25) is 14.4 Å². The van der Waals surface area contributed by atoms with Crippen LogP contribution in [0.2, 0.25) is 0 Å². The van der Waals surface area contributed by atoms with Gasteiger partial charge in [0.25, 0.3) is 0 Å². The average molecular weight is 490 g/mol. The van der Waals surface area contributed by atoms with Gasteiger partial charge in [-0.2, -0.15) is 5.06 Å². The second-order valence-electron chi connectivity index (χ2n) is 9.99. The third-order valence-corrected chi connectivity index (χ3v) is 6.97. The van der Waals surface area contributed by atoms with Crippen LogP contribution in [-0.4, -0.2) is 48.8 Å². The second-order valence-corrected chi connectivity index (χ2v) is 9.99. The molecule has 2 amide bonds. The highest BCUT2D eigenvalue weighted by atomic mass is 16.7. The first kappa shape index (κ1) is 24.7. The highest BCUT2D eigenvalue weighted by Gasteiger charge is 2.32. The SMILES string of the molecule is O=C(CC1CC1)Nc1ccc(/C=C/c2ccc(NC(=O)[C@@H]3CCCN3OC[C@H]3CCCO3)cc2)cc1. The Morgan fingerprint density at radius 3 is 2.17 bits per heavy atom. The molecular weight excluding hydrogens is 454 g/mol. The number of anilines is 2. The third kappa shape index (κ3) is 7.03. The van der Waals surface area contributed by atoms with Crippen molar-refractivity contribution in [1.29, 1.82) is 0 Å². The summed E-state index contributed by atoms with van der Waals surface area (Å²) in [4.78, 5) is 30.7. The number of ether oxygens (including phenoxy) is 1. The van der Waals surface area contributed by atoms with Gasteiger partial charge in [-0.1, -0.05) is 36.4 Å². The van der Waals surface area contributed by atoms with E-state index in [0.29, 0.717) is 18.9 Å². The molecule has 3 aliphatic rings. The van der Waals surface area contributed by atoms with E-state index in [1.54, 1.807) is 0 Å². The van der Waals surface area contributed by atoms with E-state index in [0.717, 1.165) is 61.3 Å². The molecule has 2 aliphatic heterocycles. The van der Waals surface area contributed by atoms with Crippen LogP contribution in [0.15, 0.2) is 48.5 Å². The standard InChI is InChI=1S/C29H35N3O4/c33-28(19-23-7-8-23)30-24-13-9-21(10-14-24)5-6-22-11-15-25(16-12-22)31-29(34)27-4-1-17-32(27)36-20-26-3-2-18-35-26/h5-6,9-16,23,26-27H,1-4,7-8,17-20H2,(H,30,33)(H,31,34)/b6-5+/t26-,27+/m1/s1. The van der Waals surface area contributed by atoms with Crippen molar-refractivity contribution in [2.45, 2.75) is 57.1 Å². The number of benzene rings is 2. The van der Waals surface area contributed by atoms with Gasteiger partial charge in [-0.25, -0.2) is 0 Å². The van der Waals surface area contributed by atoms with Gasteiger partial charge in [0.15, 0.2) is 0 Å². The highest BCUT2D eigenvalue weighted by Crippen LogP contribution is 2.32. The molecule has 0 bridgehead atoms. The lowest BCUT2D eigenvalue weighted by atomic mass is 10.1. The molecular formula is C29H35N3O4.